The molecule has 0 atom stereocenters. The average Bonchev–Trinajstić information content (AvgIpc) is 2.87. The molecule has 0 fully saturated rings. The van der Waals surface area contributed by atoms with Crippen LogP contribution in [0, 0.1) is 0 Å². The molecule has 4 aromatic rings. The van der Waals surface area contributed by atoms with Crippen LogP contribution in [0.15, 0.2) is 91.0 Å². The highest BCUT2D eigenvalue weighted by Crippen LogP contribution is 2.39. The number of unbranched alkanes of at least 4 members (excludes halogenated alkanes) is 3. The van der Waals surface area contributed by atoms with E-state index in [-0.39, 0.29) is 0 Å². The van der Waals surface area contributed by atoms with E-state index in [1.54, 1.807) is 0 Å². The fourth-order valence-electron chi connectivity index (χ4n) is 5.16. The summed E-state index contributed by atoms with van der Waals surface area (Å²) >= 11 is 0. The van der Waals surface area contributed by atoms with Crippen LogP contribution in [0.2, 0.25) is 0 Å². The summed E-state index contributed by atoms with van der Waals surface area (Å²) in [6.45, 7) is 3.35. The monoisotopic (exact) mass is 418 g/mol. The molecule has 0 radical (unpaired) electrons. The first-order chi connectivity index (χ1) is 15.9. The summed E-state index contributed by atoms with van der Waals surface area (Å²) in [4.78, 5) is 0. The number of pyridine rings is 1. The first-order valence-electron chi connectivity index (χ1n) is 12.2. The van der Waals surface area contributed by atoms with Crippen LogP contribution in [0.4, 0.5) is 0 Å². The topological polar surface area (TPSA) is 3.88 Å². The van der Waals surface area contributed by atoms with Gasteiger partial charge in [-0.05, 0) is 54.2 Å². The zero-order chi connectivity index (χ0) is 21.8. The minimum absolute atomic E-state index is 1.07. The van der Waals surface area contributed by atoms with Crippen molar-refractivity contribution in [3.05, 3.63) is 102 Å². The van der Waals surface area contributed by atoms with Crippen molar-refractivity contribution in [1.82, 2.24) is 0 Å². The molecule has 0 N–H and O–H groups in total. The van der Waals surface area contributed by atoms with Crippen LogP contribution in [-0.4, -0.2) is 0 Å². The molecule has 0 saturated heterocycles. The van der Waals surface area contributed by atoms with E-state index in [1.165, 1.54) is 70.5 Å². The lowest BCUT2D eigenvalue weighted by Crippen LogP contribution is -2.41. The number of aryl methyl sites for hydroxylation is 1. The highest BCUT2D eigenvalue weighted by Gasteiger charge is 2.31. The summed E-state index contributed by atoms with van der Waals surface area (Å²) in [7, 11) is 0. The summed E-state index contributed by atoms with van der Waals surface area (Å²) in [6, 6.07) is 33.4. The van der Waals surface area contributed by atoms with E-state index in [9.17, 15) is 0 Å². The molecule has 0 aliphatic heterocycles. The molecule has 0 saturated carbocycles. The van der Waals surface area contributed by atoms with Gasteiger partial charge in [-0.2, -0.15) is 4.57 Å². The second-order valence-electron chi connectivity index (χ2n) is 8.87. The molecule has 1 aromatic heterocycles. The minimum atomic E-state index is 1.07. The number of nitrogens with zero attached hydrogens (tertiary/aromatic N) is 1. The molecule has 0 bridgehead atoms. The van der Waals surface area contributed by atoms with Crippen LogP contribution < -0.4 is 4.57 Å². The van der Waals surface area contributed by atoms with Crippen molar-refractivity contribution in [3.8, 4) is 33.6 Å². The van der Waals surface area contributed by atoms with E-state index in [0.29, 0.717) is 0 Å². The number of hydrogen-bond donors (Lipinski definition) is 0. The SMILES string of the molecule is CCCCCC[n+]1c(-c2ccccc2)cc(-c2ccccc2)c2c1-c1ccccc1CC2. The van der Waals surface area contributed by atoms with Crippen LogP contribution in [-0.2, 0) is 19.4 Å². The van der Waals surface area contributed by atoms with Crippen molar-refractivity contribution in [2.45, 2.75) is 52.0 Å². The Labute approximate surface area is 192 Å². The first-order valence-corrected chi connectivity index (χ1v) is 12.2. The van der Waals surface area contributed by atoms with Gasteiger partial charge in [0.05, 0.1) is 0 Å². The quantitative estimate of drug-likeness (QED) is 0.214. The minimum Gasteiger partial charge on any atom is -0.191 e. The predicted octanol–water partition coefficient (Wildman–Crippen LogP) is 7.65. The zero-order valence-electron chi connectivity index (χ0n) is 19.1. The Morgan fingerprint density at radius 2 is 1.34 bits per heavy atom. The lowest BCUT2D eigenvalue weighted by atomic mass is 9.83. The fraction of sp³-hybridized carbons (Fsp3) is 0.258. The van der Waals surface area contributed by atoms with Gasteiger partial charge in [-0.15, -0.1) is 0 Å². The van der Waals surface area contributed by atoms with E-state index in [4.69, 9.17) is 0 Å². The van der Waals surface area contributed by atoms with Gasteiger partial charge in [-0.1, -0.05) is 86.5 Å². The number of aromatic nitrogens is 1. The number of hydrogen-bond acceptors (Lipinski definition) is 0. The summed E-state index contributed by atoms with van der Waals surface area (Å²) in [6.07, 6.45) is 7.29. The Kier molecular flexibility index (Phi) is 6.16. The molecular formula is C31H32N+. The van der Waals surface area contributed by atoms with Crippen LogP contribution >= 0.6 is 0 Å². The van der Waals surface area contributed by atoms with E-state index in [2.05, 4.69) is 102 Å². The molecule has 1 nitrogen and oxygen atoms in total. The van der Waals surface area contributed by atoms with E-state index < -0.39 is 0 Å². The number of benzene rings is 3. The molecule has 1 aliphatic rings. The molecular weight excluding hydrogens is 386 g/mol. The van der Waals surface area contributed by atoms with Crippen LogP contribution in [0.3, 0.4) is 0 Å². The van der Waals surface area contributed by atoms with Crippen molar-refractivity contribution >= 4 is 0 Å². The third-order valence-electron chi connectivity index (χ3n) is 6.76. The second kappa shape index (κ2) is 9.53. The Balaban J connectivity index is 1.78. The largest absolute Gasteiger partial charge is 0.217 e. The molecule has 3 aromatic carbocycles. The lowest BCUT2D eigenvalue weighted by molar-refractivity contribution is -0.676. The third-order valence-corrected chi connectivity index (χ3v) is 6.76. The van der Waals surface area contributed by atoms with Gasteiger partial charge < -0.3 is 0 Å². The van der Waals surface area contributed by atoms with Gasteiger partial charge in [0.25, 0.3) is 0 Å². The van der Waals surface area contributed by atoms with Gasteiger partial charge >= 0.3 is 0 Å². The fourth-order valence-corrected chi connectivity index (χ4v) is 5.16. The third kappa shape index (κ3) is 4.00. The maximum atomic E-state index is 2.63. The van der Waals surface area contributed by atoms with Crippen LogP contribution in [0.5, 0.6) is 0 Å². The summed E-state index contributed by atoms with van der Waals surface area (Å²) in [5.74, 6) is 0. The highest BCUT2D eigenvalue weighted by atomic mass is 15.0. The van der Waals surface area contributed by atoms with Crippen LogP contribution in [0.25, 0.3) is 33.6 Å². The Hall–Kier alpha value is -3.19. The molecule has 1 heterocycles. The van der Waals surface area contributed by atoms with Gasteiger partial charge in [0.2, 0.25) is 11.4 Å². The maximum Gasteiger partial charge on any atom is 0.217 e. The smallest absolute Gasteiger partial charge is 0.191 e. The van der Waals surface area contributed by atoms with Gasteiger partial charge in [-0.3, -0.25) is 0 Å². The molecule has 1 heteroatoms. The normalized spacial score (nSPS) is 12.3. The van der Waals surface area contributed by atoms with E-state index >= 15 is 0 Å². The highest BCUT2D eigenvalue weighted by molar-refractivity contribution is 5.80. The Bertz CT molecular complexity index is 1190. The molecule has 0 spiro atoms. The maximum absolute atomic E-state index is 2.63. The Morgan fingerprint density at radius 3 is 2.09 bits per heavy atom. The predicted molar refractivity (Wildman–Crippen MR) is 134 cm³/mol. The molecule has 1 aliphatic carbocycles. The average molecular weight is 419 g/mol. The van der Waals surface area contributed by atoms with Crippen molar-refractivity contribution in [2.24, 2.45) is 0 Å². The van der Waals surface area contributed by atoms with Crippen molar-refractivity contribution < 1.29 is 4.57 Å². The molecule has 5 rings (SSSR count). The van der Waals surface area contributed by atoms with Gasteiger partial charge in [0, 0.05) is 29.2 Å². The standard InChI is InChI=1S/C31H32N/c1-2-3-4-13-22-32-30(26-17-9-6-10-18-26)23-29(24-14-7-5-8-15-24)28-21-20-25-16-11-12-19-27(25)31(28)32/h5-12,14-19,23H,2-4,13,20-22H2,1H3/q+1. The van der Waals surface area contributed by atoms with E-state index in [0.717, 1.165) is 19.4 Å². The zero-order valence-corrected chi connectivity index (χ0v) is 19.1. The van der Waals surface area contributed by atoms with Gasteiger partial charge in [-0.25, -0.2) is 0 Å². The molecule has 160 valence electrons. The summed E-state index contributed by atoms with van der Waals surface area (Å²) < 4.78 is 2.63. The molecule has 32 heavy (non-hydrogen) atoms. The molecule has 0 amide bonds. The van der Waals surface area contributed by atoms with Gasteiger partial charge in [0.15, 0.2) is 0 Å². The van der Waals surface area contributed by atoms with Crippen molar-refractivity contribution in [3.63, 3.8) is 0 Å². The van der Waals surface area contributed by atoms with Crippen molar-refractivity contribution in [1.29, 1.82) is 0 Å². The first kappa shape index (κ1) is 20.7. The number of fused-ring (bicyclic) bond motifs is 3. The Morgan fingerprint density at radius 1 is 0.656 bits per heavy atom. The van der Waals surface area contributed by atoms with Crippen LogP contribution in [0.1, 0.15) is 43.7 Å². The van der Waals surface area contributed by atoms with E-state index in [1.807, 2.05) is 0 Å². The molecule has 0 unspecified atom stereocenters. The number of rotatable bonds is 7. The van der Waals surface area contributed by atoms with Gasteiger partial charge in [0.1, 0.15) is 6.54 Å². The lowest BCUT2D eigenvalue weighted by Gasteiger charge is -2.23. The summed E-state index contributed by atoms with van der Waals surface area (Å²) in [5, 5.41) is 0. The van der Waals surface area contributed by atoms with Crippen molar-refractivity contribution in [2.75, 3.05) is 0 Å². The second-order valence-corrected chi connectivity index (χ2v) is 8.87. The summed E-state index contributed by atoms with van der Waals surface area (Å²) in [5.41, 5.74) is 11.2.